The lowest BCUT2D eigenvalue weighted by molar-refractivity contribution is -0.143. The van der Waals surface area contributed by atoms with Gasteiger partial charge in [-0.05, 0) is 79.6 Å². The van der Waals surface area contributed by atoms with Crippen LogP contribution in [0.3, 0.4) is 0 Å². The third-order valence-corrected chi connectivity index (χ3v) is 6.68. The predicted octanol–water partition coefficient (Wildman–Crippen LogP) is 7.76. The van der Waals surface area contributed by atoms with Crippen molar-refractivity contribution in [2.24, 2.45) is 5.92 Å². The summed E-state index contributed by atoms with van der Waals surface area (Å²) in [6, 6.07) is 3.64. The highest BCUT2D eigenvalue weighted by Gasteiger charge is 2.39. The van der Waals surface area contributed by atoms with Crippen molar-refractivity contribution < 1.29 is 35.5 Å². The highest BCUT2D eigenvalue weighted by Crippen LogP contribution is 2.40. The zero-order chi connectivity index (χ0) is 26.3. The van der Waals surface area contributed by atoms with Crippen LogP contribution in [0, 0.1) is 18.7 Å². The molecule has 0 aromatic heterocycles. The second-order valence-electron chi connectivity index (χ2n) is 9.25. The molecule has 0 bridgehead atoms. The number of aryl methyl sites for hydroxylation is 1. The lowest BCUT2D eigenvalue weighted by atomic mass is 9.86. The molecule has 192 valence electrons. The predicted molar refractivity (Wildman–Crippen MR) is 117 cm³/mol. The monoisotopic (exact) mass is 504 g/mol. The molecule has 3 nitrogen and oxygen atoms in total. The summed E-state index contributed by atoms with van der Waals surface area (Å²) >= 11 is 0. The summed E-state index contributed by atoms with van der Waals surface area (Å²) in [5, 5.41) is 0. The van der Waals surface area contributed by atoms with E-state index < -0.39 is 47.4 Å². The lowest BCUT2D eigenvalue weighted by Crippen LogP contribution is -2.47. The average molecular weight is 504 g/mol. The minimum atomic E-state index is -4.98. The fourth-order valence-corrected chi connectivity index (χ4v) is 4.49. The molecule has 2 amide bonds. The SMILES string of the molecule is Cc1cc(F)ccc1C1CC(C)CCN1C(=O)N(C)C(C)c1cc(C(F)(F)F)cc(C(F)(F)F)c1. The molecule has 3 rings (SSSR count). The molecule has 2 aromatic carbocycles. The van der Waals surface area contributed by atoms with Crippen LogP contribution in [0.1, 0.15) is 66.6 Å². The standard InChI is InChI=1S/C25H27F7N2O/c1-14-7-8-34(22(9-14)21-6-5-20(26)10-15(21)2)23(35)33(4)16(3)17-11-18(24(27,28)29)13-19(12-17)25(30,31)32/h5-6,10-14,16,22H,7-9H2,1-4H3. The van der Waals surface area contributed by atoms with Crippen molar-refractivity contribution in [3.05, 3.63) is 70.0 Å². The number of rotatable bonds is 3. The van der Waals surface area contributed by atoms with Gasteiger partial charge in [-0.15, -0.1) is 0 Å². The van der Waals surface area contributed by atoms with Crippen LogP contribution >= 0.6 is 0 Å². The molecule has 1 fully saturated rings. The Morgan fingerprint density at radius 2 is 1.60 bits per heavy atom. The molecular formula is C25H27F7N2O. The van der Waals surface area contributed by atoms with E-state index in [2.05, 4.69) is 0 Å². The highest BCUT2D eigenvalue weighted by molar-refractivity contribution is 5.75. The van der Waals surface area contributed by atoms with Crippen LogP contribution in [0.15, 0.2) is 36.4 Å². The van der Waals surface area contributed by atoms with Gasteiger partial charge in [0.15, 0.2) is 0 Å². The summed E-state index contributed by atoms with van der Waals surface area (Å²) in [5.41, 5.74) is -1.72. The van der Waals surface area contributed by atoms with Gasteiger partial charge >= 0.3 is 18.4 Å². The molecule has 0 aliphatic carbocycles. The number of urea groups is 1. The third-order valence-electron chi connectivity index (χ3n) is 6.68. The number of carbonyl (C=O) groups is 1. The van der Waals surface area contributed by atoms with E-state index in [0.29, 0.717) is 37.1 Å². The van der Waals surface area contributed by atoms with Gasteiger partial charge in [0.1, 0.15) is 5.82 Å². The first-order chi connectivity index (χ1) is 16.1. The molecule has 10 heteroatoms. The Morgan fingerprint density at radius 1 is 1.03 bits per heavy atom. The van der Waals surface area contributed by atoms with Gasteiger partial charge in [-0.25, -0.2) is 9.18 Å². The van der Waals surface area contributed by atoms with E-state index in [-0.39, 0.29) is 17.5 Å². The third kappa shape index (κ3) is 5.90. The Labute approximate surface area is 199 Å². The van der Waals surface area contributed by atoms with E-state index >= 15 is 0 Å². The van der Waals surface area contributed by atoms with Crippen LogP contribution in [0.5, 0.6) is 0 Å². The van der Waals surface area contributed by atoms with E-state index in [1.165, 1.54) is 26.1 Å². The molecule has 35 heavy (non-hydrogen) atoms. The van der Waals surface area contributed by atoms with Crippen LogP contribution in [-0.2, 0) is 12.4 Å². The molecule has 1 aliphatic heterocycles. The van der Waals surface area contributed by atoms with Crippen molar-refractivity contribution in [1.29, 1.82) is 0 Å². The Morgan fingerprint density at radius 3 is 2.11 bits per heavy atom. The molecule has 1 saturated heterocycles. The van der Waals surface area contributed by atoms with Crippen molar-refractivity contribution in [3.63, 3.8) is 0 Å². The van der Waals surface area contributed by atoms with Gasteiger partial charge in [0.2, 0.25) is 0 Å². The van der Waals surface area contributed by atoms with Crippen LogP contribution < -0.4 is 0 Å². The molecule has 1 aliphatic rings. The summed E-state index contributed by atoms with van der Waals surface area (Å²) in [6.07, 6.45) is -8.67. The van der Waals surface area contributed by atoms with Crippen molar-refractivity contribution in [3.8, 4) is 0 Å². The molecule has 3 atom stereocenters. The van der Waals surface area contributed by atoms with Crippen molar-refractivity contribution in [1.82, 2.24) is 9.80 Å². The Balaban J connectivity index is 1.95. The zero-order valence-electron chi connectivity index (χ0n) is 19.8. The lowest BCUT2D eigenvalue weighted by Gasteiger charge is -2.42. The fraction of sp³-hybridized carbons (Fsp3) is 0.480. The maximum atomic E-state index is 13.7. The Kier molecular flexibility index (Phi) is 7.43. The second-order valence-corrected chi connectivity index (χ2v) is 9.25. The number of alkyl halides is 6. The minimum absolute atomic E-state index is 0.0669. The number of hydrogen-bond acceptors (Lipinski definition) is 1. The van der Waals surface area contributed by atoms with Crippen LogP contribution in [-0.4, -0.2) is 29.4 Å². The highest BCUT2D eigenvalue weighted by atomic mass is 19.4. The quantitative estimate of drug-likeness (QED) is 0.392. The van der Waals surface area contributed by atoms with Crippen LogP contribution in [0.4, 0.5) is 35.5 Å². The van der Waals surface area contributed by atoms with Gasteiger partial charge in [-0.2, -0.15) is 26.3 Å². The van der Waals surface area contributed by atoms with Crippen molar-refractivity contribution >= 4 is 6.03 Å². The number of hydrogen-bond donors (Lipinski definition) is 0. The molecule has 0 spiro atoms. The van der Waals surface area contributed by atoms with Gasteiger partial charge in [-0.1, -0.05) is 13.0 Å². The summed E-state index contributed by atoms with van der Waals surface area (Å²) in [5.74, 6) is -0.141. The largest absolute Gasteiger partial charge is 0.416 e. The first-order valence-electron chi connectivity index (χ1n) is 11.2. The first-order valence-corrected chi connectivity index (χ1v) is 11.2. The minimum Gasteiger partial charge on any atom is -0.321 e. The first kappa shape index (κ1) is 26.8. The topological polar surface area (TPSA) is 23.6 Å². The summed E-state index contributed by atoms with van der Waals surface area (Å²) in [7, 11) is 1.35. The number of amides is 2. The zero-order valence-corrected chi connectivity index (χ0v) is 19.8. The number of nitrogens with zero attached hydrogens (tertiary/aromatic N) is 2. The van der Waals surface area contributed by atoms with Gasteiger partial charge in [-0.3, -0.25) is 0 Å². The maximum Gasteiger partial charge on any atom is 0.416 e. The summed E-state index contributed by atoms with van der Waals surface area (Å²) in [6.45, 7) is 5.50. The van der Waals surface area contributed by atoms with E-state index in [9.17, 15) is 35.5 Å². The molecule has 2 aromatic rings. The second kappa shape index (κ2) is 9.70. The Hall–Kier alpha value is -2.78. The smallest absolute Gasteiger partial charge is 0.321 e. The number of benzene rings is 2. The number of likely N-dealkylation sites (tertiary alicyclic amines) is 1. The summed E-state index contributed by atoms with van der Waals surface area (Å²) < 4.78 is 93.5. The van der Waals surface area contributed by atoms with Crippen molar-refractivity contribution in [2.45, 2.75) is 58.0 Å². The molecule has 0 N–H and O–H groups in total. The fourth-order valence-electron chi connectivity index (χ4n) is 4.49. The molecular weight excluding hydrogens is 477 g/mol. The maximum absolute atomic E-state index is 13.7. The average Bonchev–Trinajstić information content (AvgIpc) is 2.76. The van der Waals surface area contributed by atoms with E-state index in [4.69, 9.17) is 0 Å². The van der Waals surface area contributed by atoms with E-state index in [1.54, 1.807) is 17.9 Å². The molecule has 3 unspecified atom stereocenters. The van der Waals surface area contributed by atoms with E-state index in [0.717, 1.165) is 10.5 Å². The van der Waals surface area contributed by atoms with Crippen LogP contribution in [0.25, 0.3) is 0 Å². The molecule has 1 heterocycles. The van der Waals surface area contributed by atoms with E-state index in [1.807, 2.05) is 6.92 Å². The van der Waals surface area contributed by atoms with Crippen LogP contribution in [0.2, 0.25) is 0 Å². The Bertz CT molecular complexity index is 1050. The number of piperidine rings is 1. The van der Waals surface area contributed by atoms with Crippen molar-refractivity contribution in [2.75, 3.05) is 13.6 Å². The molecule has 0 saturated carbocycles. The number of carbonyl (C=O) groups excluding carboxylic acids is 1. The molecule has 0 radical (unpaired) electrons. The van der Waals surface area contributed by atoms with Gasteiger partial charge < -0.3 is 9.80 Å². The number of halogens is 7. The van der Waals surface area contributed by atoms with Gasteiger partial charge in [0, 0.05) is 13.6 Å². The normalized spacial score (nSPS) is 20.0. The van der Waals surface area contributed by atoms with Gasteiger partial charge in [0.05, 0.1) is 23.2 Å². The summed E-state index contributed by atoms with van der Waals surface area (Å²) in [4.78, 5) is 16.2. The van der Waals surface area contributed by atoms with Gasteiger partial charge in [0.25, 0.3) is 0 Å².